The number of Topliss-reactive ketones (excluding diaryl/α,β-unsaturated/α-hetero) is 1. The predicted molar refractivity (Wildman–Crippen MR) is 67.7 cm³/mol. The molecular formula is C13H13ClO4. The second-order valence-corrected chi connectivity index (χ2v) is 3.97. The summed E-state index contributed by atoms with van der Waals surface area (Å²) in [6, 6.07) is 6.16. The van der Waals surface area contributed by atoms with Crippen molar-refractivity contribution in [1.82, 2.24) is 0 Å². The van der Waals surface area contributed by atoms with Crippen LogP contribution in [0.1, 0.15) is 24.2 Å². The molecule has 1 aromatic carbocycles. The van der Waals surface area contributed by atoms with Crippen LogP contribution < -0.4 is 0 Å². The maximum atomic E-state index is 11.9. The van der Waals surface area contributed by atoms with E-state index in [-0.39, 0.29) is 12.2 Å². The first-order valence-corrected chi connectivity index (χ1v) is 5.72. The van der Waals surface area contributed by atoms with Gasteiger partial charge in [-0.15, -0.1) is 0 Å². The van der Waals surface area contributed by atoms with Gasteiger partial charge in [-0.25, -0.2) is 4.79 Å². The van der Waals surface area contributed by atoms with Crippen molar-refractivity contribution in [1.29, 1.82) is 0 Å². The molecule has 0 aliphatic heterocycles. The summed E-state index contributed by atoms with van der Waals surface area (Å²) in [5.74, 6) is -2.02. The minimum atomic E-state index is -0.905. The molecule has 0 aromatic heterocycles. The van der Waals surface area contributed by atoms with Crippen LogP contribution in [0.4, 0.5) is 0 Å². The summed E-state index contributed by atoms with van der Waals surface area (Å²) in [5, 5.41) is 10.1. The van der Waals surface area contributed by atoms with Gasteiger partial charge in [0.25, 0.3) is 0 Å². The Bertz CT molecular complexity index is 488. The number of carbonyl (C=O) groups is 2. The van der Waals surface area contributed by atoms with Crippen LogP contribution in [0.5, 0.6) is 0 Å². The van der Waals surface area contributed by atoms with Gasteiger partial charge in [0.05, 0.1) is 6.61 Å². The second kappa shape index (κ2) is 6.21. The number of halogens is 1. The summed E-state index contributed by atoms with van der Waals surface area (Å²) in [4.78, 5) is 23.2. The zero-order valence-electron chi connectivity index (χ0n) is 10.1. The zero-order chi connectivity index (χ0) is 13.7. The van der Waals surface area contributed by atoms with Gasteiger partial charge < -0.3 is 9.84 Å². The molecule has 0 aliphatic rings. The van der Waals surface area contributed by atoms with E-state index < -0.39 is 17.5 Å². The summed E-state index contributed by atoms with van der Waals surface area (Å²) in [6.07, 6.45) is 0. The van der Waals surface area contributed by atoms with E-state index in [1.807, 2.05) is 0 Å². The monoisotopic (exact) mass is 268 g/mol. The van der Waals surface area contributed by atoms with E-state index >= 15 is 0 Å². The number of ketones is 1. The van der Waals surface area contributed by atoms with Crippen LogP contribution in [-0.4, -0.2) is 23.5 Å². The van der Waals surface area contributed by atoms with Crippen molar-refractivity contribution in [2.75, 3.05) is 6.61 Å². The van der Waals surface area contributed by atoms with E-state index in [9.17, 15) is 14.7 Å². The van der Waals surface area contributed by atoms with Gasteiger partial charge in [0, 0.05) is 16.2 Å². The summed E-state index contributed by atoms with van der Waals surface area (Å²) in [6.45, 7) is 3.11. The van der Waals surface area contributed by atoms with Gasteiger partial charge in [-0.3, -0.25) is 4.79 Å². The van der Waals surface area contributed by atoms with E-state index in [0.29, 0.717) is 10.6 Å². The Balaban J connectivity index is 2.99. The van der Waals surface area contributed by atoms with Crippen molar-refractivity contribution in [3.63, 3.8) is 0 Å². The fraction of sp³-hybridized carbons (Fsp3) is 0.231. The molecule has 1 aromatic rings. The SMILES string of the molecule is CCOC(=O)/C(O)=C(\C)C(=O)c1ccc(Cl)cc1. The van der Waals surface area contributed by atoms with Crippen molar-refractivity contribution < 1.29 is 19.4 Å². The first-order chi connectivity index (χ1) is 8.47. The number of hydrogen-bond acceptors (Lipinski definition) is 4. The lowest BCUT2D eigenvalue weighted by Crippen LogP contribution is -2.13. The van der Waals surface area contributed by atoms with Gasteiger partial charge in [0.1, 0.15) is 0 Å². The van der Waals surface area contributed by atoms with Crippen LogP contribution in [0.25, 0.3) is 0 Å². The molecule has 0 aliphatic carbocycles. The highest BCUT2D eigenvalue weighted by molar-refractivity contribution is 6.30. The third-order valence-electron chi connectivity index (χ3n) is 2.27. The minimum absolute atomic E-state index is 0.0595. The first-order valence-electron chi connectivity index (χ1n) is 5.34. The third-order valence-corrected chi connectivity index (χ3v) is 2.52. The standard InChI is InChI=1S/C13H13ClO4/c1-3-18-13(17)12(16)8(2)11(15)9-4-6-10(14)7-5-9/h4-7,16H,3H2,1-2H3/b12-8-. The Kier molecular flexibility index (Phi) is 4.92. The van der Waals surface area contributed by atoms with Gasteiger partial charge in [-0.1, -0.05) is 11.6 Å². The van der Waals surface area contributed by atoms with Crippen molar-refractivity contribution in [3.05, 3.63) is 46.2 Å². The quantitative estimate of drug-likeness (QED) is 0.395. The molecule has 4 nitrogen and oxygen atoms in total. The van der Waals surface area contributed by atoms with E-state index in [4.69, 9.17) is 11.6 Å². The molecule has 0 amide bonds. The molecule has 0 saturated heterocycles. The number of hydrogen-bond donors (Lipinski definition) is 1. The molecule has 0 bridgehead atoms. The largest absolute Gasteiger partial charge is 0.502 e. The molecule has 0 atom stereocenters. The zero-order valence-corrected chi connectivity index (χ0v) is 10.8. The van der Waals surface area contributed by atoms with Gasteiger partial charge in [-0.05, 0) is 38.1 Å². The summed E-state index contributed by atoms with van der Waals surface area (Å²) < 4.78 is 4.61. The second-order valence-electron chi connectivity index (χ2n) is 3.53. The Morgan fingerprint density at radius 1 is 1.28 bits per heavy atom. The molecule has 0 saturated carbocycles. The molecule has 0 radical (unpaired) electrons. The number of ether oxygens (including phenoxy) is 1. The fourth-order valence-electron chi connectivity index (χ4n) is 1.28. The highest BCUT2D eigenvalue weighted by Gasteiger charge is 2.18. The Morgan fingerprint density at radius 2 is 1.83 bits per heavy atom. The summed E-state index contributed by atoms with van der Waals surface area (Å²) in [7, 11) is 0. The fourth-order valence-corrected chi connectivity index (χ4v) is 1.40. The molecule has 96 valence electrons. The topological polar surface area (TPSA) is 63.6 Å². The average molecular weight is 269 g/mol. The number of aliphatic hydroxyl groups is 1. The van der Waals surface area contributed by atoms with Gasteiger partial charge in [0.15, 0.2) is 5.78 Å². The van der Waals surface area contributed by atoms with Crippen LogP contribution in [0.2, 0.25) is 5.02 Å². The van der Waals surface area contributed by atoms with E-state index in [0.717, 1.165) is 0 Å². The molecule has 18 heavy (non-hydrogen) atoms. The molecular weight excluding hydrogens is 256 g/mol. The molecule has 0 spiro atoms. The average Bonchev–Trinajstić information content (AvgIpc) is 2.37. The van der Waals surface area contributed by atoms with Crippen LogP contribution >= 0.6 is 11.6 Å². The summed E-state index contributed by atoms with van der Waals surface area (Å²) in [5.41, 5.74) is 0.281. The van der Waals surface area contributed by atoms with Crippen LogP contribution in [0.3, 0.4) is 0 Å². The molecule has 0 unspecified atom stereocenters. The molecule has 5 heteroatoms. The van der Waals surface area contributed by atoms with Crippen molar-refractivity contribution in [3.8, 4) is 0 Å². The summed E-state index contributed by atoms with van der Waals surface area (Å²) >= 11 is 5.70. The van der Waals surface area contributed by atoms with Crippen LogP contribution in [-0.2, 0) is 9.53 Å². The number of esters is 1. The van der Waals surface area contributed by atoms with E-state index in [1.165, 1.54) is 19.1 Å². The number of carbonyl (C=O) groups excluding carboxylic acids is 2. The Hall–Kier alpha value is -1.81. The normalized spacial score (nSPS) is 11.7. The number of aliphatic hydroxyl groups excluding tert-OH is 1. The molecule has 0 fully saturated rings. The maximum Gasteiger partial charge on any atom is 0.373 e. The first kappa shape index (κ1) is 14.3. The number of benzene rings is 1. The van der Waals surface area contributed by atoms with Gasteiger partial charge in [-0.2, -0.15) is 0 Å². The van der Waals surface area contributed by atoms with Crippen LogP contribution in [0, 0.1) is 0 Å². The van der Waals surface area contributed by atoms with Crippen molar-refractivity contribution in [2.45, 2.75) is 13.8 Å². The smallest absolute Gasteiger partial charge is 0.373 e. The Morgan fingerprint density at radius 3 is 2.33 bits per heavy atom. The predicted octanol–water partition coefficient (Wildman–Crippen LogP) is 2.92. The minimum Gasteiger partial charge on any atom is -0.502 e. The Labute approximate surface area is 110 Å². The molecule has 1 N–H and O–H groups in total. The molecule has 1 rings (SSSR count). The maximum absolute atomic E-state index is 11.9. The van der Waals surface area contributed by atoms with Crippen molar-refractivity contribution >= 4 is 23.4 Å². The van der Waals surface area contributed by atoms with Crippen LogP contribution in [0.15, 0.2) is 35.6 Å². The van der Waals surface area contributed by atoms with Gasteiger partial charge in [0.2, 0.25) is 5.76 Å². The third kappa shape index (κ3) is 3.34. The lowest BCUT2D eigenvalue weighted by Gasteiger charge is -2.05. The van der Waals surface area contributed by atoms with Gasteiger partial charge >= 0.3 is 5.97 Å². The lowest BCUT2D eigenvalue weighted by molar-refractivity contribution is -0.141. The van der Waals surface area contributed by atoms with E-state index in [2.05, 4.69) is 4.74 Å². The molecule has 0 heterocycles. The number of allylic oxidation sites excluding steroid dienone is 1. The van der Waals surface area contributed by atoms with Crippen molar-refractivity contribution in [2.24, 2.45) is 0 Å². The van der Waals surface area contributed by atoms with E-state index in [1.54, 1.807) is 19.1 Å². The highest BCUT2D eigenvalue weighted by atomic mass is 35.5. The number of rotatable bonds is 4. The highest BCUT2D eigenvalue weighted by Crippen LogP contribution is 2.15. The lowest BCUT2D eigenvalue weighted by atomic mass is 10.0.